The fourth-order valence-electron chi connectivity index (χ4n) is 0.677. The van der Waals surface area contributed by atoms with Crippen LogP contribution in [0.2, 0.25) is 0 Å². The van der Waals surface area contributed by atoms with Crippen LogP contribution in [0.1, 0.15) is 33.1 Å². The van der Waals surface area contributed by atoms with Crippen LogP contribution in [0.3, 0.4) is 0 Å². The van der Waals surface area contributed by atoms with Crippen molar-refractivity contribution in [2.45, 2.75) is 33.1 Å². The van der Waals surface area contributed by atoms with Crippen LogP contribution in [0.4, 0.5) is 0 Å². The van der Waals surface area contributed by atoms with Crippen molar-refractivity contribution in [3.63, 3.8) is 0 Å². The van der Waals surface area contributed by atoms with Gasteiger partial charge in [0, 0.05) is 0 Å². The Morgan fingerprint density at radius 2 is 1.78 bits per heavy atom. The lowest BCUT2D eigenvalue weighted by Gasteiger charge is -1.96. The summed E-state index contributed by atoms with van der Waals surface area (Å²) >= 11 is 0. The summed E-state index contributed by atoms with van der Waals surface area (Å²) in [4.78, 5) is 0. The van der Waals surface area contributed by atoms with E-state index in [1.807, 2.05) is 0 Å². The van der Waals surface area contributed by atoms with Crippen molar-refractivity contribution in [2.24, 2.45) is 0 Å². The monoisotopic (exact) mass is 164 g/mol. The molecule has 0 rings (SSSR count). The van der Waals surface area contributed by atoms with Crippen molar-refractivity contribution in [3.05, 3.63) is 0 Å². The second-order valence-electron chi connectivity index (χ2n) is 2.16. The molecule has 0 spiro atoms. The van der Waals surface area contributed by atoms with Gasteiger partial charge in [0.1, 0.15) is 0 Å². The summed E-state index contributed by atoms with van der Waals surface area (Å²) in [6.07, 6.45) is 7.20. The van der Waals surface area contributed by atoms with Crippen molar-refractivity contribution >= 4 is 16.5 Å². The Morgan fingerprint density at radius 1 is 1.00 bits per heavy atom. The average molecular weight is 164 g/mol. The summed E-state index contributed by atoms with van der Waals surface area (Å²) in [6.45, 7) is 4.55. The van der Waals surface area contributed by atoms with E-state index in [0.29, 0.717) is 0 Å². The van der Waals surface area contributed by atoms with Crippen LogP contribution in [0.15, 0.2) is 0 Å². The first-order valence-electron chi connectivity index (χ1n) is 3.87. The minimum absolute atomic E-state index is 1.25. The molecule has 2 heteroatoms. The molecular weight excluding hydrogens is 146 g/mol. The summed E-state index contributed by atoms with van der Waals surface area (Å²) in [6, 6.07) is 0. The van der Waals surface area contributed by atoms with Crippen LogP contribution in [-0.2, 0) is 0 Å². The molecule has 0 fully saturated rings. The summed E-state index contributed by atoms with van der Waals surface area (Å²) in [5.41, 5.74) is 0. The van der Waals surface area contributed by atoms with Gasteiger partial charge in [-0.25, -0.2) is 0 Å². The minimum Gasteiger partial charge on any atom is -0.0995 e. The third-order valence-electron chi connectivity index (χ3n) is 1.21. The maximum Gasteiger partial charge on any atom is -0.0317 e. The van der Waals surface area contributed by atoms with Crippen LogP contribution in [-0.4, -0.2) is 12.3 Å². The predicted molar refractivity (Wildman–Crippen MR) is 51.6 cm³/mol. The molecule has 0 aliphatic carbocycles. The van der Waals surface area contributed by atoms with Gasteiger partial charge in [-0.15, -0.1) is 0 Å². The smallest absolute Gasteiger partial charge is 0.0317 e. The Morgan fingerprint density at radius 3 is 2.33 bits per heavy atom. The molecule has 0 nitrogen and oxygen atoms in total. The zero-order valence-corrected chi connectivity index (χ0v) is 8.54. The molecule has 0 saturated heterocycles. The van der Waals surface area contributed by atoms with Gasteiger partial charge in [0.15, 0.2) is 0 Å². The predicted octanol–water partition coefficient (Wildman–Crippen LogP) is 3.47. The molecule has 0 heterocycles. The lowest BCUT2D eigenvalue weighted by atomic mass is 10.3. The lowest BCUT2D eigenvalue weighted by molar-refractivity contribution is 0.778. The molecule has 0 aromatic carbocycles. The third-order valence-corrected chi connectivity index (χ3v) is 4.97. The SMILES string of the molecule is CCCCCPPCC. The topological polar surface area (TPSA) is 0 Å². The highest BCUT2D eigenvalue weighted by Gasteiger charge is 1.85. The van der Waals surface area contributed by atoms with Gasteiger partial charge < -0.3 is 0 Å². The molecule has 0 aromatic rings. The molecule has 2 atom stereocenters. The van der Waals surface area contributed by atoms with E-state index in [4.69, 9.17) is 0 Å². The van der Waals surface area contributed by atoms with Crippen molar-refractivity contribution in [2.75, 3.05) is 12.3 Å². The molecule has 0 bridgehead atoms. The molecule has 0 amide bonds. The quantitative estimate of drug-likeness (QED) is 0.416. The molecule has 0 aliphatic rings. The van der Waals surface area contributed by atoms with Crippen LogP contribution in [0.25, 0.3) is 0 Å². The van der Waals surface area contributed by atoms with Crippen molar-refractivity contribution in [1.29, 1.82) is 0 Å². The van der Waals surface area contributed by atoms with E-state index in [2.05, 4.69) is 13.8 Å². The highest BCUT2D eigenvalue weighted by atomic mass is 32.0. The maximum atomic E-state index is 2.28. The van der Waals surface area contributed by atoms with Crippen LogP contribution >= 0.6 is 16.5 Å². The van der Waals surface area contributed by atoms with E-state index in [9.17, 15) is 0 Å². The van der Waals surface area contributed by atoms with Crippen molar-refractivity contribution < 1.29 is 0 Å². The standard InChI is InChI=1S/C7H18P2/c1-3-5-6-7-9-8-4-2/h8-9H,3-7H2,1-2H3. The van der Waals surface area contributed by atoms with E-state index >= 15 is 0 Å². The second kappa shape index (κ2) is 8.86. The van der Waals surface area contributed by atoms with Gasteiger partial charge in [-0.3, -0.25) is 0 Å². The molecule has 0 N–H and O–H groups in total. The van der Waals surface area contributed by atoms with E-state index in [-0.39, 0.29) is 0 Å². The minimum atomic E-state index is 1.25. The Balaban J connectivity index is 2.60. The fourth-order valence-corrected chi connectivity index (χ4v) is 3.34. The second-order valence-corrected chi connectivity index (χ2v) is 6.20. The van der Waals surface area contributed by atoms with Crippen molar-refractivity contribution in [1.82, 2.24) is 0 Å². The molecule has 56 valence electrons. The van der Waals surface area contributed by atoms with E-state index in [1.54, 1.807) is 0 Å². The van der Waals surface area contributed by atoms with Gasteiger partial charge in [0.25, 0.3) is 0 Å². The third kappa shape index (κ3) is 8.86. The summed E-state index contributed by atoms with van der Waals surface area (Å²) in [5.74, 6) is 0. The van der Waals surface area contributed by atoms with Crippen LogP contribution in [0.5, 0.6) is 0 Å². The summed E-state index contributed by atoms with van der Waals surface area (Å²) in [5, 5.41) is 0. The molecular formula is C7H18P2. The van der Waals surface area contributed by atoms with Gasteiger partial charge in [0.05, 0.1) is 0 Å². The fraction of sp³-hybridized carbons (Fsp3) is 1.00. The first-order valence-corrected chi connectivity index (χ1v) is 7.29. The maximum absolute atomic E-state index is 2.28. The molecule has 0 radical (unpaired) electrons. The normalized spacial score (nSPS) is 12.7. The first kappa shape index (κ1) is 9.86. The summed E-state index contributed by atoms with van der Waals surface area (Å²) in [7, 11) is 2.52. The van der Waals surface area contributed by atoms with E-state index < -0.39 is 0 Å². The number of hydrogen-bond acceptors (Lipinski definition) is 0. The lowest BCUT2D eigenvalue weighted by Crippen LogP contribution is -1.73. The zero-order valence-electron chi connectivity index (χ0n) is 6.54. The van der Waals surface area contributed by atoms with Gasteiger partial charge in [0.2, 0.25) is 0 Å². The Kier molecular flexibility index (Phi) is 9.71. The number of hydrogen-bond donors (Lipinski definition) is 0. The van der Waals surface area contributed by atoms with Gasteiger partial charge in [-0.2, -0.15) is 0 Å². The highest BCUT2D eigenvalue weighted by molar-refractivity contribution is 8.11. The van der Waals surface area contributed by atoms with Crippen LogP contribution in [0, 0.1) is 0 Å². The summed E-state index contributed by atoms with van der Waals surface area (Å²) < 4.78 is 0. The Labute approximate surface area is 62.7 Å². The van der Waals surface area contributed by atoms with E-state index in [0.717, 1.165) is 0 Å². The molecule has 0 aromatic heterocycles. The average Bonchev–Trinajstić information content (AvgIpc) is 1.89. The van der Waals surface area contributed by atoms with Crippen LogP contribution < -0.4 is 0 Å². The van der Waals surface area contributed by atoms with Gasteiger partial charge >= 0.3 is 0 Å². The van der Waals surface area contributed by atoms with Crippen molar-refractivity contribution in [3.8, 4) is 0 Å². The molecule has 0 saturated carbocycles. The largest absolute Gasteiger partial charge is 0.0995 e. The molecule has 0 aliphatic heterocycles. The van der Waals surface area contributed by atoms with Gasteiger partial charge in [-0.05, 0) is 18.7 Å². The number of unbranched alkanes of at least 4 members (excludes halogenated alkanes) is 2. The Bertz CT molecular complexity index is 40.2. The number of rotatable bonds is 6. The Hall–Kier alpha value is 0.860. The van der Waals surface area contributed by atoms with E-state index in [1.165, 1.54) is 48.1 Å². The molecule has 2 unspecified atom stereocenters. The zero-order chi connectivity index (χ0) is 6.95. The van der Waals surface area contributed by atoms with Gasteiger partial charge in [-0.1, -0.05) is 43.2 Å². The molecule has 9 heavy (non-hydrogen) atoms. The highest BCUT2D eigenvalue weighted by Crippen LogP contribution is 2.36. The first-order chi connectivity index (χ1) is 4.41.